The van der Waals surface area contributed by atoms with Gasteiger partial charge in [0.25, 0.3) is 0 Å². The second-order valence-corrected chi connectivity index (χ2v) is 5.70. The average molecular weight is 198 g/mol. The molecule has 3 saturated carbocycles. The number of alkyl halides is 1. The van der Waals surface area contributed by atoms with Crippen LogP contribution in [0.1, 0.15) is 71.1 Å². The van der Waals surface area contributed by atoms with E-state index in [0.717, 1.165) is 19.3 Å². The molecule has 0 aromatic heterocycles. The molecule has 0 heterocycles. The molecule has 3 rings (SSSR count). The van der Waals surface area contributed by atoms with E-state index in [2.05, 4.69) is 6.92 Å². The Labute approximate surface area is 87.3 Å². The molecule has 3 fully saturated rings. The van der Waals surface area contributed by atoms with E-state index >= 15 is 0 Å². The van der Waals surface area contributed by atoms with Gasteiger partial charge in [0.1, 0.15) is 5.67 Å². The summed E-state index contributed by atoms with van der Waals surface area (Å²) >= 11 is 0. The van der Waals surface area contributed by atoms with Gasteiger partial charge in [0.2, 0.25) is 0 Å². The number of hydrogen-bond donors (Lipinski definition) is 0. The summed E-state index contributed by atoms with van der Waals surface area (Å²) in [6, 6.07) is 0. The minimum atomic E-state index is -0.678. The van der Waals surface area contributed by atoms with Crippen LogP contribution in [0.3, 0.4) is 0 Å². The highest BCUT2D eigenvalue weighted by atomic mass is 19.1. The summed E-state index contributed by atoms with van der Waals surface area (Å²) < 4.78 is 13.2. The van der Waals surface area contributed by atoms with Crippen LogP contribution in [-0.4, -0.2) is 5.67 Å². The second-order valence-electron chi connectivity index (χ2n) is 5.70. The van der Waals surface area contributed by atoms with Crippen molar-refractivity contribution in [3.63, 3.8) is 0 Å². The lowest BCUT2D eigenvalue weighted by Gasteiger charge is -2.66. The summed E-state index contributed by atoms with van der Waals surface area (Å²) in [6.07, 6.45) is 12.2. The highest BCUT2D eigenvalue weighted by Gasteiger charge is 2.68. The maximum atomic E-state index is 13.2. The van der Waals surface area contributed by atoms with Gasteiger partial charge in [0, 0.05) is 0 Å². The Bertz CT molecular complexity index is 178. The molecule has 0 aromatic rings. The summed E-state index contributed by atoms with van der Waals surface area (Å²) in [6.45, 7) is 2.25. The Kier molecular flexibility index (Phi) is 2.86. The van der Waals surface area contributed by atoms with Crippen LogP contribution >= 0.6 is 0 Å². The van der Waals surface area contributed by atoms with E-state index in [0.29, 0.717) is 5.41 Å². The van der Waals surface area contributed by atoms with Gasteiger partial charge >= 0.3 is 0 Å². The minimum Gasteiger partial charge on any atom is -0.244 e. The van der Waals surface area contributed by atoms with Crippen molar-refractivity contribution >= 4 is 0 Å². The second kappa shape index (κ2) is 3.83. The Balaban J connectivity index is 1.45. The Morgan fingerprint density at radius 3 is 2.07 bits per heavy atom. The maximum Gasteiger partial charge on any atom is 0.112 e. The smallest absolute Gasteiger partial charge is 0.112 e. The Morgan fingerprint density at radius 1 is 0.929 bits per heavy atom. The fraction of sp³-hybridized carbons (Fsp3) is 1.00. The lowest BCUT2D eigenvalue weighted by atomic mass is 9.41. The van der Waals surface area contributed by atoms with Gasteiger partial charge in [-0.2, -0.15) is 0 Å². The van der Waals surface area contributed by atoms with E-state index in [-0.39, 0.29) is 0 Å². The fourth-order valence-corrected chi connectivity index (χ4v) is 3.41. The monoisotopic (exact) mass is 198 g/mol. The van der Waals surface area contributed by atoms with Crippen LogP contribution in [0.4, 0.5) is 4.39 Å². The highest BCUT2D eigenvalue weighted by molar-refractivity contribution is 5.18. The summed E-state index contributed by atoms with van der Waals surface area (Å²) in [5.74, 6) is 0. The number of halogens is 1. The first-order chi connectivity index (χ1) is 6.68. The highest BCUT2D eigenvalue weighted by Crippen LogP contribution is 2.71. The topological polar surface area (TPSA) is 0 Å². The largest absolute Gasteiger partial charge is 0.244 e. The van der Waals surface area contributed by atoms with Gasteiger partial charge in [-0.3, -0.25) is 0 Å². The standard InChI is InChI=1S/C13H23F/c1-2-3-4-5-6-7-8-12-9-13(14,10-12)11-12/h2-11H2,1H3. The van der Waals surface area contributed by atoms with E-state index in [1.54, 1.807) is 0 Å². The van der Waals surface area contributed by atoms with Gasteiger partial charge in [-0.05, 0) is 31.1 Å². The van der Waals surface area contributed by atoms with E-state index in [1.165, 1.54) is 44.9 Å². The summed E-state index contributed by atoms with van der Waals surface area (Å²) in [5.41, 5.74) is -0.179. The predicted octanol–water partition coefficient (Wildman–Crippen LogP) is 4.63. The first kappa shape index (κ1) is 10.4. The molecule has 0 radical (unpaired) electrons. The lowest BCUT2D eigenvalue weighted by molar-refractivity contribution is -0.217. The van der Waals surface area contributed by atoms with Crippen LogP contribution in [0.15, 0.2) is 0 Å². The third kappa shape index (κ3) is 1.97. The van der Waals surface area contributed by atoms with Gasteiger partial charge in [-0.15, -0.1) is 0 Å². The van der Waals surface area contributed by atoms with Crippen molar-refractivity contribution < 1.29 is 4.39 Å². The molecule has 0 atom stereocenters. The lowest BCUT2D eigenvalue weighted by Crippen LogP contribution is -2.64. The summed E-state index contributed by atoms with van der Waals surface area (Å²) in [4.78, 5) is 0. The molecule has 0 nitrogen and oxygen atoms in total. The number of hydrogen-bond acceptors (Lipinski definition) is 0. The zero-order valence-corrected chi connectivity index (χ0v) is 9.45. The predicted molar refractivity (Wildman–Crippen MR) is 58.1 cm³/mol. The van der Waals surface area contributed by atoms with Crippen LogP contribution in [0.2, 0.25) is 0 Å². The van der Waals surface area contributed by atoms with Gasteiger partial charge in [0.15, 0.2) is 0 Å². The quantitative estimate of drug-likeness (QED) is 0.523. The molecule has 0 saturated heterocycles. The zero-order chi connectivity index (χ0) is 10.1. The molecule has 2 bridgehead atoms. The van der Waals surface area contributed by atoms with Crippen LogP contribution in [0.5, 0.6) is 0 Å². The Hall–Kier alpha value is -0.0700. The van der Waals surface area contributed by atoms with Crippen LogP contribution < -0.4 is 0 Å². The molecule has 0 aliphatic heterocycles. The molecule has 3 aliphatic carbocycles. The first-order valence-electron chi connectivity index (χ1n) is 6.37. The number of unbranched alkanes of at least 4 members (excludes halogenated alkanes) is 5. The molecule has 0 spiro atoms. The molecular weight excluding hydrogens is 175 g/mol. The molecule has 0 N–H and O–H groups in total. The molecule has 14 heavy (non-hydrogen) atoms. The molecule has 0 amide bonds. The van der Waals surface area contributed by atoms with E-state index < -0.39 is 5.67 Å². The number of rotatable bonds is 7. The third-order valence-electron chi connectivity index (χ3n) is 4.14. The molecule has 3 aliphatic rings. The fourth-order valence-electron chi connectivity index (χ4n) is 3.41. The van der Waals surface area contributed by atoms with Crippen LogP contribution in [-0.2, 0) is 0 Å². The van der Waals surface area contributed by atoms with Crippen molar-refractivity contribution in [1.29, 1.82) is 0 Å². The van der Waals surface area contributed by atoms with E-state index in [1.807, 2.05) is 0 Å². The van der Waals surface area contributed by atoms with Crippen molar-refractivity contribution in [2.75, 3.05) is 0 Å². The molecule has 82 valence electrons. The van der Waals surface area contributed by atoms with E-state index in [9.17, 15) is 4.39 Å². The molecule has 1 heteroatoms. The average Bonchev–Trinajstić information content (AvgIpc) is 2.06. The van der Waals surface area contributed by atoms with Crippen LogP contribution in [0.25, 0.3) is 0 Å². The van der Waals surface area contributed by atoms with Crippen molar-refractivity contribution in [3.8, 4) is 0 Å². The van der Waals surface area contributed by atoms with Crippen molar-refractivity contribution in [3.05, 3.63) is 0 Å². The first-order valence-corrected chi connectivity index (χ1v) is 6.37. The van der Waals surface area contributed by atoms with Crippen molar-refractivity contribution in [2.45, 2.75) is 76.8 Å². The molecule has 0 aromatic carbocycles. The zero-order valence-electron chi connectivity index (χ0n) is 9.45. The summed E-state index contributed by atoms with van der Waals surface area (Å²) in [5, 5.41) is 0. The minimum absolute atomic E-state index is 0.500. The SMILES string of the molecule is CCCCCCCCC12CC(F)(C1)C2. The molecule has 0 unspecified atom stereocenters. The van der Waals surface area contributed by atoms with Crippen LogP contribution in [0, 0.1) is 5.41 Å². The van der Waals surface area contributed by atoms with Crippen molar-refractivity contribution in [1.82, 2.24) is 0 Å². The Morgan fingerprint density at radius 2 is 1.50 bits per heavy atom. The maximum absolute atomic E-state index is 13.2. The summed E-state index contributed by atoms with van der Waals surface area (Å²) in [7, 11) is 0. The van der Waals surface area contributed by atoms with E-state index in [4.69, 9.17) is 0 Å². The third-order valence-corrected chi connectivity index (χ3v) is 4.14. The normalized spacial score (nSPS) is 39.0. The van der Waals surface area contributed by atoms with Gasteiger partial charge in [-0.1, -0.05) is 45.4 Å². The van der Waals surface area contributed by atoms with Gasteiger partial charge in [-0.25, -0.2) is 4.39 Å². The van der Waals surface area contributed by atoms with Crippen molar-refractivity contribution in [2.24, 2.45) is 5.41 Å². The molecular formula is C13H23F. The van der Waals surface area contributed by atoms with Gasteiger partial charge < -0.3 is 0 Å². The van der Waals surface area contributed by atoms with Gasteiger partial charge in [0.05, 0.1) is 0 Å².